The normalized spacial score (nSPS) is 9.50. The van der Waals surface area contributed by atoms with E-state index in [0.717, 1.165) is 5.56 Å². The maximum atomic E-state index is 11.8. The van der Waals surface area contributed by atoms with Gasteiger partial charge in [0.05, 0.1) is 11.1 Å². The van der Waals surface area contributed by atoms with Gasteiger partial charge in [0.15, 0.2) is 0 Å². The molecule has 2 aromatic heterocycles. The van der Waals surface area contributed by atoms with Crippen molar-refractivity contribution >= 4 is 5.91 Å². The summed E-state index contributed by atoms with van der Waals surface area (Å²) in [6.07, 6.45) is 6.20. The van der Waals surface area contributed by atoms with E-state index in [0.29, 0.717) is 17.7 Å². The molecule has 0 aliphatic heterocycles. The first kappa shape index (κ1) is 11.7. The van der Waals surface area contributed by atoms with E-state index in [1.54, 1.807) is 18.5 Å². The van der Waals surface area contributed by atoms with Crippen LogP contribution in [0.15, 0.2) is 43.0 Å². The Morgan fingerprint density at radius 2 is 2.22 bits per heavy atom. The molecular formula is C13H10N4O. The molecule has 2 rings (SSSR count). The number of nitrogens with one attached hydrogen (secondary N) is 1. The summed E-state index contributed by atoms with van der Waals surface area (Å²) in [6.45, 7) is 0.392. The minimum absolute atomic E-state index is 0.261. The molecule has 2 aromatic rings. The van der Waals surface area contributed by atoms with Crippen LogP contribution < -0.4 is 5.32 Å². The van der Waals surface area contributed by atoms with Gasteiger partial charge in [-0.3, -0.25) is 14.8 Å². The standard InChI is InChI=1S/C13H10N4O/c14-5-11-4-12(9-16-7-11)13(18)17-8-10-2-1-3-15-6-10/h1-4,6-7,9H,8H2,(H,17,18). The number of carbonyl (C=O) groups excluding carboxylic acids is 1. The van der Waals surface area contributed by atoms with Crippen LogP contribution in [-0.4, -0.2) is 15.9 Å². The van der Waals surface area contributed by atoms with Gasteiger partial charge in [0.2, 0.25) is 0 Å². The fourth-order valence-corrected chi connectivity index (χ4v) is 1.41. The van der Waals surface area contributed by atoms with Crippen LogP contribution in [0.3, 0.4) is 0 Å². The Balaban J connectivity index is 2.02. The van der Waals surface area contributed by atoms with Crippen LogP contribution in [-0.2, 0) is 6.54 Å². The zero-order valence-electron chi connectivity index (χ0n) is 9.50. The van der Waals surface area contributed by atoms with Crippen molar-refractivity contribution < 1.29 is 4.79 Å². The summed E-state index contributed by atoms with van der Waals surface area (Å²) in [4.78, 5) is 19.6. The third-order valence-electron chi connectivity index (χ3n) is 2.31. The Kier molecular flexibility index (Phi) is 3.62. The molecule has 0 aliphatic rings. The third kappa shape index (κ3) is 2.89. The monoisotopic (exact) mass is 238 g/mol. The second-order valence-electron chi connectivity index (χ2n) is 3.62. The van der Waals surface area contributed by atoms with Crippen LogP contribution >= 0.6 is 0 Å². The molecule has 0 saturated heterocycles. The van der Waals surface area contributed by atoms with E-state index in [1.165, 1.54) is 18.5 Å². The molecule has 0 saturated carbocycles. The van der Waals surface area contributed by atoms with Gasteiger partial charge < -0.3 is 5.32 Å². The molecule has 0 unspecified atom stereocenters. The number of amides is 1. The van der Waals surface area contributed by atoms with Gasteiger partial charge in [-0.2, -0.15) is 5.26 Å². The SMILES string of the molecule is N#Cc1cncc(C(=O)NCc2cccnc2)c1. The number of carbonyl (C=O) groups is 1. The van der Waals surface area contributed by atoms with E-state index in [1.807, 2.05) is 12.1 Å². The highest BCUT2D eigenvalue weighted by Crippen LogP contribution is 2.02. The van der Waals surface area contributed by atoms with E-state index < -0.39 is 0 Å². The molecule has 88 valence electrons. The summed E-state index contributed by atoms with van der Waals surface area (Å²) >= 11 is 0. The van der Waals surface area contributed by atoms with Gasteiger partial charge in [0, 0.05) is 31.3 Å². The molecule has 0 radical (unpaired) electrons. The van der Waals surface area contributed by atoms with Crippen molar-refractivity contribution in [3.63, 3.8) is 0 Å². The summed E-state index contributed by atoms with van der Waals surface area (Å²) in [5.41, 5.74) is 1.65. The van der Waals surface area contributed by atoms with Crippen molar-refractivity contribution in [3.05, 3.63) is 59.7 Å². The van der Waals surface area contributed by atoms with Crippen molar-refractivity contribution in [2.75, 3.05) is 0 Å². The number of hydrogen-bond acceptors (Lipinski definition) is 4. The second-order valence-corrected chi connectivity index (χ2v) is 3.62. The van der Waals surface area contributed by atoms with Crippen LogP contribution in [0.1, 0.15) is 21.5 Å². The van der Waals surface area contributed by atoms with Crippen molar-refractivity contribution in [1.82, 2.24) is 15.3 Å². The number of rotatable bonds is 3. The van der Waals surface area contributed by atoms with Gasteiger partial charge in [0.1, 0.15) is 6.07 Å². The number of hydrogen-bond donors (Lipinski definition) is 1. The molecule has 5 nitrogen and oxygen atoms in total. The summed E-state index contributed by atoms with van der Waals surface area (Å²) in [6, 6.07) is 7.13. The Morgan fingerprint density at radius 1 is 1.33 bits per heavy atom. The largest absolute Gasteiger partial charge is 0.348 e. The van der Waals surface area contributed by atoms with E-state index in [2.05, 4.69) is 15.3 Å². The predicted octanol–water partition coefficient (Wildman–Crippen LogP) is 1.28. The topological polar surface area (TPSA) is 78.7 Å². The molecule has 1 N–H and O–H groups in total. The van der Waals surface area contributed by atoms with Gasteiger partial charge in [0.25, 0.3) is 5.91 Å². The quantitative estimate of drug-likeness (QED) is 0.873. The fourth-order valence-electron chi connectivity index (χ4n) is 1.41. The van der Waals surface area contributed by atoms with Crippen molar-refractivity contribution in [1.29, 1.82) is 5.26 Å². The predicted molar refractivity (Wildman–Crippen MR) is 64.4 cm³/mol. The van der Waals surface area contributed by atoms with Crippen LogP contribution in [0.5, 0.6) is 0 Å². The van der Waals surface area contributed by atoms with Crippen LogP contribution in [0, 0.1) is 11.3 Å². The first-order valence-electron chi connectivity index (χ1n) is 5.32. The van der Waals surface area contributed by atoms with Gasteiger partial charge in [-0.05, 0) is 17.7 Å². The van der Waals surface area contributed by atoms with Gasteiger partial charge in [-0.25, -0.2) is 0 Å². The van der Waals surface area contributed by atoms with Gasteiger partial charge in [-0.15, -0.1) is 0 Å². The van der Waals surface area contributed by atoms with Crippen molar-refractivity contribution in [3.8, 4) is 6.07 Å². The molecule has 5 heteroatoms. The Labute approximate surface area is 104 Å². The average molecular weight is 238 g/mol. The number of nitriles is 1. The molecule has 0 spiro atoms. The first-order valence-corrected chi connectivity index (χ1v) is 5.32. The first-order chi connectivity index (χ1) is 8.79. The van der Waals surface area contributed by atoms with E-state index in [9.17, 15) is 4.79 Å². The minimum Gasteiger partial charge on any atom is -0.348 e. The van der Waals surface area contributed by atoms with Crippen LogP contribution in [0.25, 0.3) is 0 Å². The highest BCUT2D eigenvalue weighted by Gasteiger charge is 2.06. The average Bonchev–Trinajstić information content (AvgIpc) is 2.46. The Hall–Kier alpha value is -2.74. The lowest BCUT2D eigenvalue weighted by Crippen LogP contribution is -2.23. The van der Waals surface area contributed by atoms with E-state index >= 15 is 0 Å². The molecule has 0 bridgehead atoms. The maximum absolute atomic E-state index is 11.8. The summed E-state index contributed by atoms with van der Waals surface area (Å²) < 4.78 is 0. The lowest BCUT2D eigenvalue weighted by Gasteiger charge is -2.04. The number of nitrogens with zero attached hydrogens (tertiary/aromatic N) is 3. The third-order valence-corrected chi connectivity index (χ3v) is 2.31. The molecule has 2 heterocycles. The highest BCUT2D eigenvalue weighted by molar-refractivity contribution is 5.94. The molecule has 0 fully saturated rings. The van der Waals surface area contributed by atoms with E-state index in [4.69, 9.17) is 5.26 Å². The Morgan fingerprint density at radius 3 is 2.94 bits per heavy atom. The summed E-state index contributed by atoms with van der Waals surface area (Å²) in [5.74, 6) is -0.261. The van der Waals surface area contributed by atoms with E-state index in [-0.39, 0.29) is 5.91 Å². The maximum Gasteiger partial charge on any atom is 0.253 e. The lowest BCUT2D eigenvalue weighted by molar-refractivity contribution is 0.0950. The molecule has 0 atom stereocenters. The van der Waals surface area contributed by atoms with Gasteiger partial charge >= 0.3 is 0 Å². The molecule has 0 aromatic carbocycles. The second kappa shape index (κ2) is 5.55. The zero-order chi connectivity index (χ0) is 12.8. The number of pyridine rings is 2. The molecule has 18 heavy (non-hydrogen) atoms. The lowest BCUT2D eigenvalue weighted by atomic mass is 10.2. The van der Waals surface area contributed by atoms with Crippen LogP contribution in [0.4, 0.5) is 0 Å². The minimum atomic E-state index is -0.261. The fraction of sp³-hybridized carbons (Fsp3) is 0.0769. The van der Waals surface area contributed by atoms with Gasteiger partial charge in [-0.1, -0.05) is 6.07 Å². The van der Waals surface area contributed by atoms with Crippen LogP contribution in [0.2, 0.25) is 0 Å². The molecule has 1 amide bonds. The summed E-state index contributed by atoms with van der Waals surface area (Å²) in [5, 5.41) is 11.5. The highest BCUT2D eigenvalue weighted by atomic mass is 16.1. The zero-order valence-corrected chi connectivity index (χ0v) is 9.50. The smallest absolute Gasteiger partial charge is 0.253 e. The number of aromatic nitrogens is 2. The van der Waals surface area contributed by atoms with Crippen molar-refractivity contribution in [2.45, 2.75) is 6.54 Å². The summed E-state index contributed by atoms with van der Waals surface area (Å²) in [7, 11) is 0. The van der Waals surface area contributed by atoms with Crippen molar-refractivity contribution in [2.24, 2.45) is 0 Å². The molecular weight excluding hydrogens is 228 g/mol. The molecule has 0 aliphatic carbocycles. The Bertz CT molecular complexity index is 589.